The van der Waals surface area contributed by atoms with Crippen LogP contribution in [-0.2, 0) is 50.6 Å². The van der Waals surface area contributed by atoms with Crippen molar-refractivity contribution in [1.82, 2.24) is 14.3 Å². The first-order valence-electron chi connectivity index (χ1n) is 14.8. The van der Waals surface area contributed by atoms with E-state index in [0.717, 1.165) is 83.3 Å². The number of rotatable bonds is 7. The van der Waals surface area contributed by atoms with Crippen LogP contribution in [0.5, 0.6) is 5.75 Å². The molecule has 0 radical (unpaired) electrons. The number of hydrogen-bond acceptors (Lipinski definition) is 4. The maximum atomic E-state index is 12.8. The molecular weight excluding hydrogens is 502 g/mol. The molecule has 0 unspecified atom stereocenters. The number of fused-ring (bicyclic) bond motifs is 3. The third-order valence-electron chi connectivity index (χ3n) is 8.57. The lowest BCUT2D eigenvalue weighted by atomic mass is 9.91. The normalized spacial score (nSPS) is 15.3. The molecular formula is C33H39N3O4. The van der Waals surface area contributed by atoms with Crippen LogP contribution in [0.1, 0.15) is 77.6 Å². The smallest absolute Gasteiger partial charge is 0.352 e. The quantitative estimate of drug-likeness (QED) is 0.270. The van der Waals surface area contributed by atoms with Gasteiger partial charge in [0.1, 0.15) is 11.4 Å². The maximum absolute atomic E-state index is 12.8. The lowest BCUT2D eigenvalue weighted by Crippen LogP contribution is -2.12. The number of hydrogen-bond donors (Lipinski definition) is 1. The van der Waals surface area contributed by atoms with E-state index >= 15 is 0 Å². The van der Waals surface area contributed by atoms with Crippen molar-refractivity contribution in [3.63, 3.8) is 0 Å². The van der Waals surface area contributed by atoms with Crippen LogP contribution in [0.4, 0.5) is 0 Å². The van der Waals surface area contributed by atoms with Crippen molar-refractivity contribution in [2.75, 3.05) is 13.2 Å². The first kappa shape index (κ1) is 26.6. The molecule has 0 fully saturated rings. The number of carboxylic acids is 1. The molecule has 1 aliphatic carbocycles. The molecule has 2 aromatic heterocycles. The summed E-state index contributed by atoms with van der Waals surface area (Å²) in [4.78, 5) is 12.8. The largest absolute Gasteiger partial charge is 0.493 e. The number of aryl methyl sites for hydroxylation is 4. The first-order valence-corrected chi connectivity index (χ1v) is 14.8. The molecule has 40 heavy (non-hydrogen) atoms. The minimum Gasteiger partial charge on any atom is -0.493 e. The molecule has 4 aromatic rings. The van der Waals surface area contributed by atoms with E-state index in [1.165, 1.54) is 24.0 Å². The molecule has 1 aliphatic heterocycles. The predicted octanol–water partition coefficient (Wildman–Crippen LogP) is 6.50. The van der Waals surface area contributed by atoms with Gasteiger partial charge in [0, 0.05) is 42.4 Å². The fourth-order valence-electron chi connectivity index (χ4n) is 6.80. The Balaban J connectivity index is 1.39. The molecule has 7 nitrogen and oxygen atoms in total. The first-order chi connectivity index (χ1) is 19.6. The Morgan fingerprint density at radius 1 is 1.10 bits per heavy atom. The number of para-hydroxylation sites is 1. The van der Waals surface area contributed by atoms with Gasteiger partial charge < -0.3 is 19.1 Å². The van der Waals surface area contributed by atoms with E-state index in [9.17, 15) is 9.90 Å². The second-order valence-corrected chi connectivity index (χ2v) is 11.0. The standard InChI is InChI=1S/C33H39N3O4/c1-3-28-30-26-15-9-14-24-25(16-10-20-40-29-17-8-12-22-11-4-5-13-23(22)29)32(33(37)38)36(31(24)26)18-6-7-19-39-21-27(30)34-35(28)2/h8-9,12,14-15,17H,3-7,10-11,13,16,18-21H2,1-2H3,(H,37,38). The Morgan fingerprint density at radius 2 is 1.95 bits per heavy atom. The van der Waals surface area contributed by atoms with Gasteiger partial charge in [0.05, 0.1) is 24.4 Å². The van der Waals surface area contributed by atoms with Crippen LogP contribution in [0, 0.1) is 0 Å². The van der Waals surface area contributed by atoms with Crippen molar-refractivity contribution in [3.05, 3.63) is 70.2 Å². The second-order valence-electron chi connectivity index (χ2n) is 11.0. The van der Waals surface area contributed by atoms with Gasteiger partial charge in [0.15, 0.2) is 0 Å². The number of ether oxygens (including phenoxy) is 2. The van der Waals surface area contributed by atoms with Crippen LogP contribution >= 0.6 is 0 Å². The second kappa shape index (κ2) is 11.5. The highest BCUT2D eigenvalue weighted by atomic mass is 16.5. The summed E-state index contributed by atoms with van der Waals surface area (Å²) in [5, 5.41) is 16.3. The molecule has 0 saturated heterocycles. The molecule has 210 valence electrons. The van der Waals surface area contributed by atoms with Crippen LogP contribution in [0.25, 0.3) is 22.0 Å². The minimum atomic E-state index is -0.872. The number of aromatic carboxylic acids is 1. The topological polar surface area (TPSA) is 78.5 Å². The van der Waals surface area contributed by atoms with Crippen molar-refractivity contribution >= 4 is 16.9 Å². The van der Waals surface area contributed by atoms with Gasteiger partial charge >= 0.3 is 5.97 Å². The molecule has 0 spiro atoms. The van der Waals surface area contributed by atoms with Gasteiger partial charge in [0.25, 0.3) is 0 Å². The van der Waals surface area contributed by atoms with E-state index in [1.807, 2.05) is 11.7 Å². The van der Waals surface area contributed by atoms with Crippen LogP contribution in [-0.4, -0.2) is 38.6 Å². The van der Waals surface area contributed by atoms with Gasteiger partial charge in [-0.25, -0.2) is 4.79 Å². The Morgan fingerprint density at radius 3 is 2.80 bits per heavy atom. The number of aromatic nitrogens is 3. The Kier molecular flexibility index (Phi) is 7.65. The lowest BCUT2D eigenvalue weighted by molar-refractivity contribution is 0.0683. The van der Waals surface area contributed by atoms with Crippen LogP contribution < -0.4 is 4.74 Å². The predicted molar refractivity (Wildman–Crippen MR) is 156 cm³/mol. The summed E-state index contributed by atoms with van der Waals surface area (Å²) >= 11 is 0. The van der Waals surface area contributed by atoms with Gasteiger partial charge in [-0.1, -0.05) is 37.3 Å². The van der Waals surface area contributed by atoms with Gasteiger partial charge in [-0.05, 0) is 80.5 Å². The van der Waals surface area contributed by atoms with Crippen molar-refractivity contribution in [2.45, 2.75) is 77.9 Å². The van der Waals surface area contributed by atoms with Crippen molar-refractivity contribution in [1.29, 1.82) is 0 Å². The van der Waals surface area contributed by atoms with Crippen molar-refractivity contribution in [2.24, 2.45) is 7.05 Å². The fraction of sp³-hybridized carbons (Fsp3) is 0.455. The van der Waals surface area contributed by atoms with Gasteiger partial charge in [-0.3, -0.25) is 4.68 Å². The Bertz CT molecular complexity index is 1550. The zero-order chi connectivity index (χ0) is 27.6. The van der Waals surface area contributed by atoms with E-state index in [1.54, 1.807) is 0 Å². The maximum Gasteiger partial charge on any atom is 0.352 e. The number of carboxylic acid groups (broad SMARTS) is 1. The van der Waals surface area contributed by atoms with E-state index in [-0.39, 0.29) is 0 Å². The summed E-state index contributed by atoms with van der Waals surface area (Å²) in [5.74, 6) is 0.122. The van der Waals surface area contributed by atoms with Crippen LogP contribution in [0.2, 0.25) is 0 Å². The minimum absolute atomic E-state index is 0.406. The zero-order valence-electron chi connectivity index (χ0n) is 23.7. The number of nitrogens with zero attached hydrogens (tertiary/aromatic N) is 3. The van der Waals surface area contributed by atoms with Crippen LogP contribution in [0.15, 0.2) is 36.4 Å². The highest BCUT2D eigenvalue weighted by Crippen LogP contribution is 2.39. The molecule has 1 N–H and O–H groups in total. The molecule has 0 bridgehead atoms. The summed E-state index contributed by atoms with van der Waals surface area (Å²) < 4.78 is 16.3. The Hall–Kier alpha value is -3.58. The van der Waals surface area contributed by atoms with Crippen LogP contribution in [0.3, 0.4) is 0 Å². The highest BCUT2D eigenvalue weighted by molar-refractivity contribution is 6.04. The summed E-state index contributed by atoms with van der Waals surface area (Å²) in [6, 6.07) is 12.6. The van der Waals surface area contributed by atoms with Gasteiger partial charge in [-0.2, -0.15) is 5.10 Å². The number of benzene rings is 2. The molecule has 7 heteroatoms. The van der Waals surface area contributed by atoms with E-state index in [0.29, 0.717) is 38.5 Å². The van der Waals surface area contributed by atoms with Gasteiger partial charge in [-0.15, -0.1) is 0 Å². The third-order valence-corrected chi connectivity index (χ3v) is 8.57. The van der Waals surface area contributed by atoms with E-state index in [2.05, 4.69) is 47.9 Å². The van der Waals surface area contributed by atoms with Crippen molar-refractivity contribution < 1.29 is 19.4 Å². The molecule has 2 aliphatic rings. The average molecular weight is 542 g/mol. The fourth-order valence-corrected chi connectivity index (χ4v) is 6.80. The molecule has 3 heterocycles. The summed E-state index contributed by atoms with van der Waals surface area (Å²) in [6.07, 6.45) is 8.60. The molecule has 0 atom stereocenters. The van der Waals surface area contributed by atoms with Crippen molar-refractivity contribution in [3.8, 4) is 16.9 Å². The SMILES string of the molecule is CCc1c2c(nn1C)COCCCCn1c(C(=O)O)c(CCCOc3cccc4c3CCCC4)c3cccc-2c31. The monoisotopic (exact) mass is 541 g/mol. The summed E-state index contributed by atoms with van der Waals surface area (Å²) in [7, 11) is 1.98. The highest BCUT2D eigenvalue weighted by Gasteiger charge is 2.27. The average Bonchev–Trinajstić information content (AvgIpc) is 3.45. The van der Waals surface area contributed by atoms with E-state index < -0.39 is 5.97 Å². The Labute approximate surface area is 235 Å². The summed E-state index contributed by atoms with van der Waals surface area (Å²) in [5.41, 5.74) is 9.25. The lowest BCUT2D eigenvalue weighted by Gasteiger charge is -2.19. The third kappa shape index (κ3) is 4.81. The van der Waals surface area contributed by atoms with E-state index in [4.69, 9.17) is 14.6 Å². The van der Waals surface area contributed by atoms with Gasteiger partial charge in [0.2, 0.25) is 0 Å². The molecule has 0 saturated carbocycles. The molecule has 2 aromatic carbocycles. The summed E-state index contributed by atoms with van der Waals surface area (Å²) in [6.45, 7) is 4.43. The zero-order valence-corrected chi connectivity index (χ0v) is 23.7. The molecule has 0 amide bonds. The number of carbonyl (C=O) groups is 1. The molecule has 6 rings (SSSR count).